The lowest BCUT2D eigenvalue weighted by Gasteiger charge is -2.12. The highest BCUT2D eigenvalue weighted by molar-refractivity contribution is 7.89. The van der Waals surface area contributed by atoms with Crippen LogP contribution in [0.1, 0.15) is 18.1 Å². The number of methoxy groups -OCH3 is 1. The largest absolute Gasteiger partial charge is 0.469 e. The fraction of sp³-hybridized carbons (Fsp3) is 0.417. The molecule has 0 aromatic heterocycles. The van der Waals surface area contributed by atoms with Gasteiger partial charge < -0.3 is 15.6 Å². The summed E-state index contributed by atoms with van der Waals surface area (Å²) in [6, 6.07) is 6.46. The second-order valence-corrected chi connectivity index (χ2v) is 6.10. The lowest BCUT2D eigenvalue weighted by Crippen LogP contribution is -2.31. The van der Waals surface area contributed by atoms with Gasteiger partial charge in [0.1, 0.15) is 0 Å². The number of sulfonamides is 1. The number of anilines is 1. The maximum absolute atomic E-state index is 11.6. The van der Waals surface area contributed by atoms with Crippen LogP contribution < -0.4 is 10.5 Å². The summed E-state index contributed by atoms with van der Waals surface area (Å²) >= 11 is 0. The Balaban J connectivity index is 2.49. The highest BCUT2D eigenvalue weighted by Crippen LogP contribution is 2.14. The number of esters is 1. The Labute approximate surface area is 117 Å². The van der Waals surface area contributed by atoms with Crippen LogP contribution in [0.15, 0.2) is 24.3 Å². The molecule has 1 atom stereocenters. The number of benzene rings is 1. The maximum atomic E-state index is 11.6. The van der Waals surface area contributed by atoms with Gasteiger partial charge in [-0.3, -0.25) is 4.79 Å². The van der Waals surface area contributed by atoms with Crippen molar-refractivity contribution in [1.29, 1.82) is 0 Å². The molecule has 4 N–H and O–H groups in total. The molecular formula is C12H18N2O5S. The van der Waals surface area contributed by atoms with E-state index in [1.54, 1.807) is 24.3 Å². The van der Waals surface area contributed by atoms with Gasteiger partial charge in [-0.05, 0) is 17.7 Å². The van der Waals surface area contributed by atoms with Gasteiger partial charge in [-0.25, -0.2) is 13.1 Å². The van der Waals surface area contributed by atoms with Crippen LogP contribution in [0.5, 0.6) is 0 Å². The maximum Gasteiger partial charge on any atom is 0.306 e. The van der Waals surface area contributed by atoms with Gasteiger partial charge in [0, 0.05) is 12.2 Å². The van der Waals surface area contributed by atoms with Crippen molar-refractivity contribution >= 4 is 21.7 Å². The topological polar surface area (TPSA) is 119 Å². The molecule has 0 spiro atoms. The molecule has 1 aromatic rings. The minimum atomic E-state index is -3.63. The standard InChI is InChI=1S/C12H18N2O5S/c1-19-12(16)6-7-20(17,18)14-8-11(15)9-2-4-10(13)5-3-9/h2-5,11,14-15H,6-8,13H2,1H3. The van der Waals surface area contributed by atoms with E-state index in [1.165, 1.54) is 7.11 Å². The van der Waals surface area contributed by atoms with E-state index >= 15 is 0 Å². The molecule has 1 rings (SSSR count). The Bertz CT molecular complexity index is 541. The number of hydrogen-bond donors (Lipinski definition) is 3. The number of nitrogens with one attached hydrogen (secondary N) is 1. The summed E-state index contributed by atoms with van der Waals surface area (Å²) < 4.78 is 29.8. The number of rotatable bonds is 7. The van der Waals surface area contributed by atoms with E-state index < -0.39 is 22.1 Å². The van der Waals surface area contributed by atoms with Crippen molar-refractivity contribution in [3.8, 4) is 0 Å². The Morgan fingerprint density at radius 2 is 2.00 bits per heavy atom. The van der Waals surface area contributed by atoms with Gasteiger partial charge in [-0.2, -0.15) is 0 Å². The van der Waals surface area contributed by atoms with E-state index in [1.807, 2.05) is 0 Å². The van der Waals surface area contributed by atoms with Crippen LogP contribution in [0.25, 0.3) is 0 Å². The minimum Gasteiger partial charge on any atom is -0.469 e. The minimum absolute atomic E-state index is 0.173. The van der Waals surface area contributed by atoms with E-state index in [0.29, 0.717) is 11.3 Å². The lowest BCUT2D eigenvalue weighted by molar-refractivity contribution is -0.140. The number of carbonyl (C=O) groups excluding carboxylic acids is 1. The fourth-order valence-corrected chi connectivity index (χ4v) is 2.43. The average Bonchev–Trinajstić information content (AvgIpc) is 2.43. The predicted octanol–water partition coefficient (Wildman–Crippen LogP) is -0.215. The van der Waals surface area contributed by atoms with Crippen LogP contribution in [-0.2, 0) is 19.6 Å². The molecule has 0 saturated carbocycles. The Kier molecular flexibility index (Phi) is 5.93. The average molecular weight is 302 g/mol. The number of carbonyl (C=O) groups is 1. The fourth-order valence-electron chi connectivity index (χ4n) is 1.43. The summed E-state index contributed by atoms with van der Waals surface area (Å²) in [5.74, 6) is -0.983. The second-order valence-electron chi connectivity index (χ2n) is 4.18. The zero-order chi connectivity index (χ0) is 15.2. The number of hydrogen-bond acceptors (Lipinski definition) is 6. The first kappa shape index (κ1) is 16.4. The van der Waals surface area contributed by atoms with E-state index in [-0.39, 0.29) is 18.7 Å². The van der Waals surface area contributed by atoms with Gasteiger partial charge in [0.2, 0.25) is 10.0 Å². The van der Waals surface area contributed by atoms with Gasteiger partial charge in [0.15, 0.2) is 0 Å². The van der Waals surface area contributed by atoms with Gasteiger partial charge in [-0.15, -0.1) is 0 Å². The normalized spacial score (nSPS) is 12.9. The summed E-state index contributed by atoms with van der Waals surface area (Å²) in [6.07, 6.45) is -1.22. The third-order valence-electron chi connectivity index (χ3n) is 2.62. The van der Waals surface area contributed by atoms with Crippen LogP contribution in [0.4, 0.5) is 5.69 Å². The molecule has 0 saturated heterocycles. The van der Waals surface area contributed by atoms with Crippen LogP contribution in [0.3, 0.4) is 0 Å². The summed E-state index contributed by atoms with van der Waals surface area (Å²) in [4.78, 5) is 10.9. The molecule has 0 heterocycles. The van der Waals surface area contributed by atoms with Gasteiger partial charge >= 0.3 is 5.97 Å². The highest BCUT2D eigenvalue weighted by atomic mass is 32.2. The molecule has 0 amide bonds. The first-order valence-corrected chi connectivity index (χ1v) is 7.57. The number of ether oxygens (including phenoxy) is 1. The third kappa shape index (κ3) is 5.55. The molecule has 0 bridgehead atoms. The lowest BCUT2D eigenvalue weighted by atomic mass is 10.1. The molecule has 0 fully saturated rings. The van der Waals surface area contributed by atoms with Crippen molar-refractivity contribution in [3.05, 3.63) is 29.8 Å². The van der Waals surface area contributed by atoms with Gasteiger partial charge in [0.05, 0.1) is 25.4 Å². The molecule has 20 heavy (non-hydrogen) atoms. The Morgan fingerprint density at radius 3 is 2.55 bits per heavy atom. The van der Waals surface area contributed by atoms with Crippen molar-refractivity contribution in [2.24, 2.45) is 0 Å². The second kappa shape index (κ2) is 7.22. The molecule has 1 aromatic carbocycles. The number of nitrogen functional groups attached to an aromatic ring is 1. The zero-order valence-corrected chi connectivity index (χ0v) is 11.9. The van der Waals surface area contributed by atoms with Crippen molar-refractivity contribution < 1.29 is 23.1 Å². The van der Waals surface area contributed by atoms with Crippen LogP contribution in [0.2, 0.25) is 0 Å². The van der Waals surface area contributed by atoms with E-state index in [4.69, 9.17) is 5.73 Å². The summed E-state index contributed by atoms with van der Waals surface area (Å²) in [5.41, 5.74) is 6.62. The van der Waals surface area contributed by atoms with Crippen molar-refractivity contribution in [2.75, 3.05) is 25.1 Å². The third-order valence-corrected chi connectivity index (χ3v) is 3.97. The molecule has 1 unspecified atom stereocenters. The first-order valence-electron chi connectivity index (χ1n) is 5.91. The van der Waals surface area contributed by atoms with Crippen LogP contribution in [-0.4, -0.2) is 38.9 Å². The number of aliphatic hydroxyl groups excluding tert-OH is 1. The number of nitrogens with two attached hydrogens (primary N) is 1. The van der Waals surface area contributed by atoms with Crippen molar-refractivity contribution in [3.63, 3.8) is 0 Å². The molecule has 0 aliphatic heterocycles. The summed E-state index contributed by atoms with van der Waals surface area (Å²) in [7, 11) is -2.45. The SMILES string of the molecule is COC(=O)CCS(=O)(=O)NCC(O)c1ccc(N)cc1. The monoisotopic (exact) mass is 302 g/mol. The van der Waals surface area contributed by atoms with E-state index in [0.717, 1.165) is 0 Å². The quantitative estimate of drug-likeness (QED) is 0.473. The van der Waals surface area contributed by atoms with Gasteiger partial charge in [-0.1, -0.05) is 12.1 Å². The summed E-state index contributed by atoms with van der Waals surface area (Å²) in [5, 5.41) is 9.84. The molecule has 7 nitrogen and oxygen atoms in total. The van der Waals surface area contributed by atoms with Crippen molar-refractivity contribution in [2.45, 2.75) is 12.5 Å². The first-order chi connectivity index (χ1) is 9.34. The van der Waals surface area contributed by atoms with Crippen molar-refractivity contribution in [1.82, 2.24) is 4.72 Å². The van der Waals surface area contributed by atoms with Crippen LogP contribution >= 0.6 is 0 Å². The highest BCUT2D eigenvalue weighted by Gasteiger charge is 2.16. The zero-order valence-electron chi connectivity index (χ0n) is 11.1. The molecule has 112 valence electrons. The van der Waals surface area contributed by atoms with E-state index in [9.17, 15) is 18.3 Å². The smallest absolute Gasteiger partial charge is 0.306 e. The molecule has 0 aliphatic carbocycles. The molecule has 8 heteroatoms. The molecule has 0 aliphatic rings. The molecule has 0 radical (unpaired) electrons. The Morgan fingerprint density at radius 1 is 1.40 bits per heavy atom. The molecular weight excluding hydrogens is 284 g/mol. The summed E-state index contributed by atoms with van der Waals surface area (Å²) in [6.45, 7) is -0.173. The predicted molar refractivity (Wildman–Crippen MR) is 74.2 cm³/mol. The Hall–Kier alpha value is -1.64. The van der Waals surface area contributed by atoms with Gasteiger partial charge in [0.25, 0.3) is 0 Å². The number of aliphatic hydroxyl groups is 1. The van der Waals surface area contributed by atoms with Crippen LogP contribution in [0, 0.1) is 0 Å². The van der Waals surface area contributed by atoms with E-state index in [2.05, 4.69) is 9.46 Å².